The normalized spacial score (nSPS) is 14.1. The van der Waals surface area contributed by atoms with Gasteiger partial charge in [0.2, 0.25) is 17.7 Å². The zero-order valence-corrected chi connectivity index (χ0v) is 22.2. The smallest absolute Gasteiger partial charge is 0.326 e. The molecule has 0 radical (unpaired) electrons. The first-order chi connectivity index (χ1) is 18.8. The molecule has 0 aliphatic heterocycles. The monoisotopic (exact) mass is 561 g/mol. The minimum Gasteiger partial charge on any atom is -0.481 e. The summed E-state index contributed by atoms with van der Waals surface area (Å²) < 4.78 is 0. The highest BCUT2D eigenvalue weighted by Crippen LogP contribution is 2.19. The summed E-state index contributed by atoms with van der Waals surface area (Å²) in [5, 5.41) is 35.3. The number of nitrogens with two attached hydrogens (primary N) is 1. The van der Waals surface area contributed by atoms with E-state index in [1.807, 2.05) is 13.8 Å². The van der Waals surface area contributed by atoms with Gasteiger partial charge in [0.1, 0.15) is 18.1 Å². The van der Waals surface area contributed by atoms with E-state index < -0.39 is 72.6 Å². The van der Waals surface area contributed by atoms with Crippen molar-refractivity contribution in [3.63, 3.8) is 0 Å². The number of carboxylic acids is 3. The molecule has 0 aliphatic rings. The van der Waals surface area contributed by atoms with Gasteiger partial charge in [0, 0.05) is 29.9 Å². The maximum Gasteiger partial charge on any atom is 0.326 e. The SMILES string of the molecule is CC(C)CC(N)C(=O)NC(CCC(=O)O)C(=O)NC(Cc1c[nH]c2ccccc12)C(=O)NC(CC(=O)O)C(=O)O. The van der Waals surface area contributed by atoms with Crippen molar-refractivity contribution in [2.24, 2.45) is 11.7 Å². The van der Waals surface area contributed by atoms with Crippen LogP contribution in [0.1, 0.15) is 45.1 Å². The van der Waals surface area contributed by atoms with Crippen LogP contribution in [-0.2, 0) is 35.2 Å². The molecule has 1 aromatic carbocycles. The molecule has 0 saturated heterocycles. The lowest BCUT2D eigenvalue weighted by Crippen LogP contribution is -2.57. The Hall–Kier alpha value is -4.46. The summed E-state index contributed by atoms with van der Waals surface area (Å²) in [6, 6.07) is 1.61. The van der Waals surface area contributed by atoms with Gasteiger partial charge in [-0.15, -0.1) is 0 Å². The Bertz CT molecular complexity index is 1240. The molecule has 4 atom stereocenters. The number of rotatable bonds is 16. The second kappa shape index (κ2) is 14.6. The highest BCUT2D eigenvalue weighted by Gasteiger charge is 2.32. The number of benzene rings is 1. The first-order valence-corrected chi connectivity index (χ1v) is 12.7. The number of hydrogen-bond acceptors (Lipinski definition) is 7. The van der Waals surface area contributed by atoms with Crippen molar-refractivity contribution in [2.45, 2.75) is 70.1 Å². The van der Waals surface area contributed by atoms with Crippen LogP contribution in [0.3, 0.4) is 0 Å². The number of hydrogen-bond donors (Lipinski definition) is 8. The molecular formula is C26H35N5O9. The molecule has 218 valence electrons. The molecule has 40 heavy (non-hydrogen) atoms. The number of carboxylic acid groups (broad SMARTS) is 3. The van der Waals surface area contributed by atoms with Crippen LogP contribution in [0.5, 0.6) is 0 Å². The van der Waals surface area contributed by atoms with Crippen LogP contribution in [0.2, 0.25) is 0 Å². The first-order valence-electron chi connectivity index (χ1n) is 12.7. The summed E-state index contributed by atoms with van der Waals surface area (Å²) in [6.45, 7) is 3.70. The zero-order chi connectivity index (χ0) is 30.0. The fraction of sp³-hybridized carbons (Fsp3) is 0.462. The second-order valence-corrected chi connectivity index (χ2v) is 9.85. The van der Waals surface area contributed by atoms with Crippen LogP contribution in [0, 0.1) is 5.92 Å². The Morgan fingerprint density at radius 1 is 0.850 bits per heavy atom. The predicted molar refractivity (Wildman–Crippen MR) is 142 cm³/mol. The van der Waals surface area contributed by atoms with Gasteiger partial charge >= 0.3 is 17.9 Å². The van der Waals surface area contributed by atoms with Gasteiger partial charge in [-0.05, 0) is 30.4 Å². The number of aromatic nitrogens is 1. The quantitative estimate of drug-likeness (QED) is 0.136. The van der Waals surface area contributed by atoms with E-state index in [1.54, 1.807) is 30.5 Å². The van der Waals surface area contributed by atoms with Crippen molar-refractivity contribution in [3.8, 4) is 0 Å². The topological polar surface area (TPSA) is 241 Å². The van der Waals surface area contributed by atoms with Crippen molar-refractivity contribution in [3.05, 3.63) is 36.0 Å². The summed E-state index contributed by atoms with van der Waals surface area (Å²) >= 11 is 0. The summed E-state index contributed by atoms with van der Waals surface area (Å²) in [4.78, 5) is 75.9. The Morgan fingerprint density at radius 2 is 1.45 bits per heavy atom. The molecule has 0 aliphatic carbocycles. The van der Waals surface area contributed by atoms with E-state index in [0.29, 0.717) is 12.0 Å². The minimum atomic E-state index is -1.77. The number of aliphatic carboxylic acids is 3. The number of carbonyl (C=O) groups excluding carboxylic acids is 3. The lowest BCUT2D eigenvalue weighted by atomic mass is 10.0. The average Bonchev–Trinajstić information content (AvgIpc) is 3.27. The van der Waals surface area contributed by atoms with E-state index in [1.165, 1.54) is 0 Å². The fourth-order valence-electron chi connectivity index (χ4n) is 4.08. The molecule has 2 aromatic rings. The third-order valence-corrected chi connectivity index (χ3v) is 6.07. The summed E-state index contributed by atoms with van der Waals surface area (Å²) in [6.07, 6.45) is 0.103. The number of H-pyrrole nitrogens is 1. The molecule has 0 bridgehead atoms. The van der Waals surface area contributed by atoms with Crippen LogP contribution in [-0.4, -0.2) is 80.1 Å². The maximum atomic E-state index is 13.3. The van der Waals surface area contributed by atoms with Crippen molar-refractivity contribution in [1.82, 2.24) is 20.9 Å². The van der Waals surface area contributed by atoms with Crippen LogP contribution >= 0.6 is 0 Å². The van der Waals surface area contributed by atoms with Gasteiger partial charge < -0.3 is 42.0 Å². The molecule has 1 heterocycles. The van der Waals surface area contributed by atoms with E-state index in [0.717, 1.165) is 10.9 Å². The van der Waals surface area contributed by atoms with Crippen molar-refractivity contribution in [2.75, 3.05) is 0 Å². The molecule has 3 amide bonds. The molecule has 14 nitrogen and oxygen atoms in total. The van der Waals surface area contributed by atoms with Gasteiger partial charge in [-0.25, -0.2) is 4.79 Å². The number of amides is 3. The summed E-state index contributed by atoms with van der Waals surface area (Å²) in [5.41, 5.74) is 7.23. The van der Waals surface area contributed by atoms with Gasteiger partial charge in [0.25, 0.3) is 0 Å². The lowest BCUT2D eigenvalue weighted by molar-refractivity contribution is -0.147. The molecule has 1 aromatic heterocycles. The molecule has 0 saturated carbocycles. The minimum absolute atomic E-state index is 0.0734. The Kier molecular flexibility index (Phi) is 11.6. The van der Waals surface area contributed by atoms with Crippen molar-refractivity contribution < 1.29 is 44.1 Å². The lowest BCUT2D eigenvalue weighted by Gasteiger charge is -2.25. The predicted octanol–water partition coefficient (Wildman–Crippen LogP) is -0.0377. The van der Waals surface area contributed by atoms with Gasteiger partial charge in [-0.2, -0.15) is 0 Å². The Balaban J connectivity index is 2.34. The Morgan fingerprint density at radius 3 is 2.05 bits per heavy atom. The van der Waals surface area contributed by atoms with E-state index in [-0.39, 0.29) is 18.8 Å². The van der Waals surface area contributed by atoms with Crippen molar-refractivity contribution >= 4 is 46.5 Å². The maximum absolute atomic E-state index is 13.3. The van der Waals surface area contributed by atoms with Gasteiger partial charge in [-0.3, -0.25) is 24.0 Å². The number of fused-ring (bicyclic) bond motifs is 1. The van der Waals surface area contributed by atoms with Crippen LogP contribution in [0.4, 0.5) is 0 Å². The molecular weight excluding hydrogens is 526 g/mol. The van der Waals surface area contributed by atoms with Crippen LogP contribution in [0.25, 0.3) is 10.9 Å². The molecule has 9 N–H and O–H groups in total. The number of aromatic amines is 1. The third kappa shape index (κ3) is 9.69. The molecule has 2 rings (SSSR count). The molecule has 14 heteroatoms. The van der Waals surface area contributed by atoms with Gasteiger partial charge in [-0.1, -0.05) is 32.0 Å². The Labute approximate surface area is 229 Å². The van der Waals surface area contributed by atoms with Crippen molar-refractivity contribution in [1.29, 1.82) is 0 Å². The van der Waals surface area contributed by atoms with E-state index >= 15 is 0 Å². The van der Waals surface area contributed by atoms with E-state index in [9.17, 15) is 33.9 Å². The van der Waals surface area contributed by atoms with E-state index in [4.69, 9.17) is 15.9 Å². The zero-order valence-electron chi connectivity index (χ0n) is 22.2. The fourth-order valence-corrected chi connectivity index (χ4v) is 4.08. The van der Waals surface area contributed by atoms with Crippen LogP contribution < -0.4 is 21.7 Å². The molecule has 0 fully saturated rings. The summed E-state index contributed by atoms with van der Waals surface area (Å²) in [5.74, 6) is -6.74. The van der Waals surface area contributed by atoms with Gasteiger partial charge in [0.15, 0.2) is 0 Å². The average molecular weight is 562 g/mol. The largest absolute Gasteiger partial charge is 0.481 e. The number of para-hydroxylation sites is 1. The van der Waals surface area contributed by atoms with E-state index in [2.05, 4.69) is 20.9 Å². The number of nitrogens with one attached hydrogen (secondary N) is 4. The highest BCUT2D eigenvalue weighted by atomic mass is 16.4. The first kappa shape index (κ1) is 31.8. The number of carbonyl (C=O) groups is 6. The molecule has 4 unspecified atom stereocenters. The summed E-state index contributed by atoms with van der Waals surface area (Å²) in [7, 11) is 0. The van der Waals surface area contributed by atoms with Crippen LogP contribution in [0.15, 0.2) is 30.5 Å². The standard InChI is InChI=1S/C26H35N5O9/c1-13(2)9-16(27)23(36)29-18(7-8-21(32)33)24(37)30-19(25(38)31-20(26(39)40)11-22(34)35)10-14-12-28-17-6-4-3-5-15(14)17/h3-6,12-13,16,18-20,28H,7-11,27H2,1-2H3,(H,29,36)(H,30,37)(H,31,38)(H,32,33)(H,34,35)(H,39,40). The molecule has 0 spiro atoms. The second-order valence-electron chi connectivity index (χ2n) is 9.85. The third-order valence-electron chi connectivity index (χ3n) is 6.07. The van der Waals surface area contributed by atoms with Gasteiger partial charge in [0.05, 0.1) is 12.5 Å². The highest BCUT2D eigenvalue weighted by molar-refractivity contribution is 5.95.